The summed E-state index contributed by atoms with van der Waals surface area (Å²) < 4.78 is 7.65. The Morgan fingerprint density at radius 3 is 2.38 bits per heavy atom. The van der Waals surface area contributed by atoms with Crippen molar-refractivity contribution < 1.29 is 9.53 Å². The lowest BCUT2D eigenvalue weighted by atomic mass is 10.1. The number of benzene rings is 2. The Kier molecular flexibility index (Phi) is 7.35. The van der Waals surface area contributed by atoms with Crippen LogP contribution in [-0.2, 0) is 11.3 Å². The molecule has 1 amide bonds. The van der Waals surface area contributed by atoms with Crippen LogP contribution in [0.15, 0.2) is 66.9 Å². The third kappa shape index (κ3) is 5.84. The van der Waals surface area contributed by atoms with Crippen LogP contribution in [0.25, 0.3) is 11.3 Å². The van der Waals surface area contributed by atoms with Gasteiger partial charge in [-0.3, -0.25) is 14.4 Å². The molecule has 6 heteroatoms. The van der Waals surface area contributed by atoms with E-state index in [9.17, 15) is 4.79 Å². The van der Waals surface area contributed by atoms with Gasteiger partial charge in [0.25, 0.3) is 5.91 Å². The van der Waals surface area contributed by atoms with Gasteiger partial charge >= 0.3 is 0 Å². The molecule has 2 heterocycles. The maximum absolute atomic E-state index is 13.1. The van der Waals surface area contributed by atoms with Crippen LogP contribution in [0, 0.1) is 0 Å². The second-order valence-corrected chi connectivity index (χ2v) is 8.57. The second-order valence-electron chi connectivity index (χ2n) is 8.57. The van der Waals surface area contributed by atoms with Crippen LogP contribution >= 0.6 is 0 Å². The van der Waals surface area contributed by atoms with Gasteiger partial charge in [-0.25, -0.2) is 0 Å². The maximum atomic E-state index is 13.1. The summed E-state index contributed by atoms with van der Waals surface area (Å²) in [6, 6.07) is 20.1. The molecule has 2 aromatic carbocycles. The zero-order valence-electron chi connectivity index (χ0n) is 18.9. The molecule has 2 atom stereocenters. The van der Waals surface area contributed by atoms with Gasteiger partial charge in [-0.15, -0.1) is 0 Å². The van der Waals surface area contributed by atoms with E-state index in [1.54, 1.807) is 0 Å². The average Bonchev–Trinajstić information content (AvgIpc) is 3.21. The highest BCUT2D eigenvalue weighted by molar-refractivity contribution is 5.99. The number of amides is 1. The van der Waals surface area contributed by atoms with Crippen LogP contribution in [0.2, 0.25) is 0 Å². The lowest BCUT2D eigenvalue weighted by Gasteiger charge is -2.35. The zero-order valence-corrected chi connectivity index (χ0v) is 18.9. The van der Waals surface area contributed by atoms with E-state index in [4.69, 9.17) is 9.84 Å². The van der Waals surface area contributed by atoms with E-state index < -0.39 is 0 Å². The van der Waals surface area contributed by atoms with Gasteiger partial charge in [-0.1, -0.05) is 60.7 Å². The molecular weight excluding hydrogens is 400 g/mol. The number of ether oxygens (including phenoxy) is 1. The van der Waals surface area contributed by atoms with Crippen molar-refractivity contribution in [1.82, 2.24) is 20.0 Å². The van der Waals surface area contributed by atoms with Crippen molar-refractivity contribution in [3.63, 3.8) is 0 Å². The lowest BCUT2D eigenvalue weighted by molar-refractivity contribution is -0.0679. The van der Waals surface area contributed by atoms with Gasteiger partial charge in [0.05, 0.1) is 24.3 Å². The largest absolute Gasteiger partial charge is 0.373 e. The van der Waals surface area contributed by atoms with Crippen molar-refractivity contribution in [2.75, 3.05) is 26.2 Å². The summed E-state index contributed by atoms with van der Waals surface area (Å²) in [5, 5.41) is 7.85. The molecule has 1 fully saturated rings. The standard InChI is InChI=1S/C26H32N4O2/c1-20-16-29(17-21(2)32-20)15-9-14-27-26(31)24-19-30(18-22-10-5-3-6-11-22)28-25(24)23-12-7-4-8-13-23/h3-8,10-13,19-21H,9,14-18H2,1-2H3,(H,27,31)/t20-,21-/m1/s1. The summed E-state index contributed by atoms with van der Waals surface area (Å²) in [6.45, 7) is 8.34. The summed E-state index contributed by atoms with van der Waals surface area (Å²) >= 11 is 0. The minimum atomic E-state index is -0.0770. The van der Waals surface area contributed by atoms with E-state index in [-0.39, 0.29) is 18.1 Å². The number of carbonyl (C=O) groups excluding carboxylic acids is 1. The molecule has 1 aliphatic heterocycles. The van der Waals surface area contributed by atoms with Crippen molar-refractivity contribution in [2.45, 2.75) is 39.0 Å². The van der Waals surface area contributed by atoms with E-state index in [0.29, 0.717) is 18.7 Å². The molecular formula is C26H32N4O2. The van der Waals surface area contributed by atoms with Crippen LogP contribution < -0.4 is 5.32 Å². The quantitative estimate of drug-likeness (QED) is 0.550. The van der Waals surface area contributed by atoms with Crippen molar-refractivity contribution in [1.29, 1.82) is 0 Å². The predicted octanol–water partition coefficient (Wildman–Crippen LogP) is 3.83. The molecule has 0 saturated carbocycles. The van der Waals surface area contributed by atoms with E-state index in [2.05, 4.69) is 36.2 Å². The molecule has 4 rings (SSSR count). The van der Waals surface area contributed by atoms with Crippen molar-refractivity contribution in [2.24, 2.45) is 0 Å². The van der Waals surface area contributed by atoms with E-state index in [1.165, 1.54) is 0 Å². The van der Waals surface area contributed by atoms with Crippen LogP contribution in [0.4, 0.5) is 0 Å². The van der Waals surface area contributed by atoms with Gasteiger partial charge in [0.2, 0.25) is 0 Å². The number of hydrogen-bond donors (Lipinski definition) is 1. The van der Waals surface area contributed by atoms with Gasteiger partial charge in [0.15, 0.2) is 0 Å². The molecule has 0 spiro atoms. The molecule has 0 radical (unpaired) electrons. The minimum absolute atomic E-state index is 0.0770. The summed E-state index contributed by atoms with van der Waals surface area (Å²) in [5.41, 5.74) is 3.42. The topological polar surface area (TPSA) is 59.4 Å². The molecule has 1 aromatic heterocycles. The van der Waals surface area contributed by atoms with Crippen molar-refractivity contribution in [3.05, 3.63) is 78.0 Å². The Balaban J connectivity index is 1.41. The molecule has 0 bridgehead atoms. The zero-order chi connectivity index (χ0) is 22.3. The Hall–Kier alpha value is -2.96. The molecule has 1 aliphatic rings. The molecule has 0 aliphatic carbocycles. The number of carbonyl (C=O) groups is 1. The highest BCUT2D eigenvalue weighted by atomic mass is 16.5. The molecule has 32 heavy (non-hydrogen) atoms. The maximum Gasteiger partial charge on any atom is 0.255 e. The van der Waals surface area contributed by atoms with Crippen LogP contribution in [0.5, 0.6) is 0 Å². The number of rotatable bonds is 8. The van der Waals surface area contributed by atoms with Gasteiger partial charge in [-0.05, 0) is 25.8 Å². The predicted molar refractivity (Wildman–Crippen MR) is 127 cm³/mol. The first kappa shape index (κ1) is 22.2. The number of aromatic nitrogens is 2. The Morgan fingerprint density at radius 2 is 1.69 bits per heavy atom. The van der Waals surface area contributed by atoms with Gasteiger partial charge in [0, 0.05) is 37.9 Å². The number of nitrogens with one attached hydrogen (secondary N) is 1. The summed E-state index contributed by atoms with van der Waals surface area (Å²) in [5.74, 6) is -0.0770. The first-order chi connectivity index (χ1) is 15.6. The molecule has 6 nitrogen and oxygen atoms in total. The van der Waals surface area contributed by atoms with Crippen molar-refractivity contribution >= 4 is 5.91 Å². The highest BCUT2D eigenvalue weighted by Crippen LogP contribution is 2.22. The number of hydrogen-bond acceptors (Lipinski definition) is 4. The van der Waals surface area contributed by atoms with E-state index in [1.807, 2.05) is 59.4 Å². The lowest BCUT2D eigenvalue weighted by Crippen LogP contribution is -2.46. The monoisotopic (exact) mass is 432 g/mol. The molecule has 1 saturated heterocycles. The minimum Gasteiger partial charge on any atom is -0.373 e. The number of nitrogens with zero attached hydrogens (tertiary/aromatic N) is 3. The van der Waals surface area contributed by atoms with Crippen LogP contribution in [0.1, 0.15) is 36.2 Å². The first-order valence-corrected chi connectivity index (χ1v) is 11.4. The van der Waals surface area contributed by atoms with E-state index >= 15 is 0 Å². The summed E-state index contributed by atoms with van der Waals surface area (Å²) in [7, 11) is 0. The fraction of sp³-hybridized carbons (Fsp3) is 0.385. The third-order valence-corrected chi connectivity index (χ3v) is 5.67. The normalized spacial score (nSPS) is 19.1. The highest BCUT2D eigenvalue weighted by Gasteiger charge is 2.22. The third-order valence-electron chi connectivity index (χ3n) is 5.67. The fourth-order valence-corrected chi connectivity index (χ4v) is 4.32. The van der Waals surface area contributed by atoms with E-state index in [0.717, 1.165) is 42.9 Å². The average molecular weight is 433 g/mol. The number of morpholine rings is 1. The molecule has 0 unspecified atom stereocenters. The molecule has 3 aromatic rings. The summed E-state index contributed by atoms with van der Waals surface area (Å²) in [6.07, 6.45) is 3.29. The molecule has 168 valence electrons. The van der Waals surface area contributed by atoms with Gasteiger partial charge in [0.1, 0.15) is 5.69 Å². The van der Waals surface area contributed by atoms with Crippen LogP contribution in [0.3, 0.4) is 0 Å². The smallest absolute Gasteiger partial charge is 0.255 e. The molecule has 1 N–H and O–H groups in total. The SMILES string of the molecule is C[C@@H]1CN(CCCNC(=O)c2cn(Cc3ccccc3)nc2-c2ccccc2)C[C@@H](C)O1. The van der Waals surface area contributed by atoms with Crippen molar-refractivity contribution in [3.8, 4) is 11.3 Å². The van der Waals surface area contributed by atoms with Crippen LogP contribution in [-0.4, -0.2) is 59.0 Å². The Labute approximate surface area is 190 Å². The second kappa shape index (κ2) is 10.6. The van der Waals surface area contributed by atoms with Gasteiger partial charge < -0.3 is 10.1 Å². The van der Waals surface area contributed by atoms with Gasteiger partial charge in [-0.2, -0.15) is 5.10 Å². The Morgan fingerprint density at radius 1 is 1.03 bits per heavy atom. The fourth-order valence-electron chi connectivity index (χ4n) is 4.32. The Bertz CT molecular complexity index is 993. The summed E-state index contributed by atoms with van der Waals surface area (Å²) in [4.78, 5) is 15.5. The first-order valence-electron chi connectivity index (χ1n) is 11.4.